The third-order valence-corrected chi connectivity index (χ3v) is 6.12. The van der Waals surface area contributed by atoms with Crippen LogP contribution in [0.3, 0.4) is 0 Å². The van der Waals surface area contributed by atoms with Crippen LogP contribution in [0.5, 0.6) is 11.5 Å². The lowest BCUT2D eigenvalue weighted by molar-refractivity contribution is 0.103. The molecule has 0 spiro atoms. The highest BCUT2D eigenvalue weighted by atomic mass is 16.5. The van der Waals surface area contributed by atoms with Gasteiger partial charge in [-0.25, -0.2) is 0 Å². The minimum absolute atomic E-state index is 0.0160. The summed E-state index contributed by atoms with van der Waals surface area (Å²) in [6.07, 6.45) is 0. The van der Waals surface area contributed by atoms with Crippen LogP contribution in [0, 0.1) is 0 Å². The number of methoxy groups -OCH3 is 4. The number of ether oxygens (including phenoxy) is 4. The van der Waals surface area contributed by atoms with Gasteiger partial charge in [-0.2, -0.15) is 0 Å². The maximum atomic E-state index is 13.1. The van der Waals surface area contributed by atoms with Gasteiger partial charge in [-0.15, -0.1) is 0 Å². The molecule has 0 bridgehead atoms. The Morgan fingerprint density at radius 3 is 1.22 bits per heavy atom. The smallest absolute Gasteiger partial charge is 0.193 e. The third-order valence-electron chi connectivity index (χ3n) is 6.12. The largest absolute Gasteiger partial charge is 0.496 e. The van der Waals surface area contributed by atoms with Crippen molar-refractivity contribution in [1.29, 1.82) is 0 Å². The predicted molar refractivity (Wildman–Crippen MR) is 142 cm³/mol. The first-order valence-corrected chi connectivity index (χ1v) is 11.6. The van der Waals surface area contributed by atoms with Crippen LogP contribution < -0.4 is 9.47 Å². The number of carbonyl (C=O) groups excluding carboxylic acids is 1. The van der Waals surface area contributed by atoms with Gasteiger partial charge in [0.1, 0.15) is 11.5 Å². The van der Waals surface area contributed by atoms with Crippen molar-refractivity contribution in [3.63, 3.8) is 0 Å². The molecule has 0 aliphatic rings. The van der Waals surface area contributed by atoms with Crippen molar-refractivity contribution >= 4 is 5.78 Å². The zero-order valence-electron chi connectivity index (χ0n) is 21.0. The fourth-order valence-electron chi connectivity index (χ4n) is 4.25. The molecule has 0 unspecified atom stereocenters. The molecule has 0 atom stereocenters. The summed E-state index contributed by atoms with van der Waals surface area (Å²) in [6.45, 7) is 0.932. The van der Waals surface area contributed by atoms with Crippen LogP contribution in [0.15, 0.2) is 84.9 Å². The first kappa shape index (κ1) is 25.2. The zero-order valence-corrected chi connectivity index (χ0v) is 21.0. The lowest BCUT2D eigenvalue weighted by atomic mass is 9.96. The van der Waals surface area contributed by atoms with E-state index in [1.165, 1.54) is 0 Å². The molecule has 184 valence electrons. The van der Waals surface area contributed by atoms with E-state index in [1.54, 1.807) is 28.4 Å². The molecule has 0 aliphatic carbocycles. The molecule has 0 saturated carbocycles. The van der Waals surface area contributed by atoms with Gasteiger partial charge in [0.25, 0.3) is 0 Å². The molecule has 0 amide bonds. The molecule has 0 aliphatic heterocycles. The van der Waals surface area contributed by atoms with E-state index in [1.807, 2.05) is 72.8 Å². The van der Waals surface area contributed by atoms with Gasteiger partial charge < -0.3 is 18.9 Å². The first-order chi connectivity index (χ1) is 17.6. The van der Waals surface area contributed by atoms with Crippen molar-refractivity contribution in [2.24, 2.45) is 0 Å². The third kappa shape index (κ3) is 5.48. The Morgan fingerprint density at radius 1 is 0.528 bits per heavy atom. The normalized spacial score (nSPS) is 10.8. The van der Waals surface area contributed by atoms with Crippen LogP contribution in [0.4, 0.5) is 0 Å². The maximum absolute atomic E-state index is 13.1. The molecule has 0 fully saturated rings. The molecule has 0 saturated heterocycles. The van der Waals surface area contributed by atoms with Gasteiger partial charge in [0.2, 0.25) is 0 Å². The van der Waals surface area contributed by atoms with Crippen molar-refractivity contribution in [2.45, 2.75) is 13.2 Å². The Balaban J connectivity index is 1.52. The Bertz CT molecular complexity index is 1220. The molecule has 0 radical (unpaired) electrons. The number of rotatable bonds is 10. The van der Waals surface area contributed by atoms with E-state index in [0.29, 0.717) is 24.3 Å². The number of carbonyl (C=O) groups is 1. The molecule has 5 nitrogen and oxygen atoms in total. The summed E-state index contributed by atoms with van der Waals surface area (Å²) in [6, 6.07) is 27.3. The number of hydrogen-bond acceptors (Lipinski definition) is 5. The fourth-order valence-corrected chi connectivity index (χ4v) is 4.25. The monoisotopic (exact) mass is 482 g/mol. The minimum Gasteiger partial charge on any atom is -0.496 e. The number of ketones is 1. The Morgan fingerprint density at radius 2 is 0.889 bits per heavy atom. The van der Waals surface area contributed by atoms with Crippen LogP contribution in [0.25, 0.3) is 22.3 Å². The summed E-state index contributed by atoms with van der Waals surface area (Å²) in [5, 5.41) is 0. The van der Waals surface area contributed by atoms with E-state index < -0.39 is 0 Å². The summed E-state index contributed by atoms with van der Waals surface area (Å²) < 4.78 is 21.4. The molecule has 5 heteroatoms. The molecular formula is C31H30O5. The average Bonchev–Trinajstić information content (AvgIpc) is 2.93. The van der Waals surface area contributed by atoms with E-state index in [9.17, 15) is 4.79 Å². The summed E-state index contributed by atoms with van der Waals surface area (Å²) in [4.78, 5) is 13.1. The minimum atomic E-state index is -0.0160. The molecule has 0 heterocycles. The second-order valence-electron chi connectivity index (χ2n) is 8.40. The zero-order chi connectivity index (χ0) is 25.5. The summed E-state index contributed by atoms with van der Waals surface area (Å²) in [5.41, 5.74) is 7.36. The van der Waals surface area contributed by atoms with Gasteiger partial charge in [-0.05, 0) is 46.5 Å². The van der Waals surface area contributed by atoms with Crippen LogP contribution in [0.1, 0.15) is 27.0 Å². The van der Waals surface area contributed by atoms with E-state index in [-0.39, 0.29) is 5.78 Å². The average molecular weight is 483 g/mol. The van der Waals surface area contributed by atoms with Crippen LogP contribution in [-0.2, 0) is 22.7 Å². The highest BCUT2D eigenvalue weighted by molar-refractivity contribution is 6.09. The highest BCUT2D eigenvalue weighted by Crippen LogP contribution is 2.29. The Hall–Kier alpha value is -3.93. The Labute approximate surface area is 212 Å². The van der Waals surface area contributed by atoms with Gasteiger partial charge in [0.15, 0.2) is 5.78 Å². The second-order valence-corrected chi connectivity index (χ2v) is 8.40. The predicted octanol–water partition coefficient (Wildman–Crippen LogP) is 6.56. The standard InChI is InChI=1S/C31H30O5/c1-33-19-27-17-25(13-15-29(27)35-3)21-5-9-23(10-6-21)31(32)24-11-7-22(8-12-24)26-14-16-30(36-4)28(18-26)20-34-2/h5-18H,19-20H2,1-4H3. The SMILES string of the molecule is COCc1cc(-c2ccc(C(=O)c3ccc(-c4ccc(OC)c(COC)c4)cc3)cc2)ccc1OC. The molecule has 4 rings (SSSR count). The van der Waals surface area contributed by atoms with Crippen molar-refractivity contribution in [2.75, 3.05) is 28.4 Å². The molecule has 4 aromatic rings. The van der Waals surface area contributed by atoms with Gasteiger partial charge in [-0.1, -0.05) is 60.7 Å². The lowest BCUT2D eigenvalue weighted by Crippen LogP contribution is -2.01. The van der Waals surface area contributed by atoms with E-state index in [2.05, 4.69) is 12.1 Å². The van der Waals surface area contributed by atoms with E-state index in [4.69, 9.17) is 18.9 Å². The summed E-state index contributed by atoms with van der Waals surface area (Å²) in [5.74, 6) is 1.57. The van der Waals surface area contributed by atoms with Gasteiger partial charge >= 0.3 is 0 Å². The van der Waals surface area contributed by atoms with Crippen LogP contribution >= 0.6 is 0 Å². The van der Waals surface area contributed by atoms with Crippen molar-refractivity contribution in [3.05, 3.63) is 107 Å². The lowest BCUT2D eigenvalue weighted by Gasteiger charge is -2.11. The molecule has 0 N–H and O–H groups in total. The van der Waals surface area contributed by atoms with Gasteiger partial charge in [0, 0.05) is 36.5 Å². The van der Waals surface area contributed by atoms with Crippen molar-refractivity contribution in [3.8, 4) is 33.8 Å². The molecule has 0 aromatic heterocycles. The number of hydrogen-bond donors (Lipinski definition) is 0. The highest BCUT2D eigenvalue weighted by Gasteiger charge is 2.12. The quantitative estimate of drug-likeness (QED) is 0.240. The first-order valence-electron chi connectivity index (χ1n) is 11.6. The van der Waals surface area contributed by atoms with Crippen molar-refractivity contribution in [1.82, 2.24) is 0 Å². The second kappa shape index (κ2) is 11.7. The number of benzene rings is 4. The maximum Gasteiger partial charge on any atom is 0.193 e. The summed E-state index contributed by atoms with van der Waals surface area (Å²) in [7, 11) is 6.62. The van der Waals surface area contributed by atoms with E-state index >= 15 is 0 Å². The Kier molecular flexibility index (Phi) is 8.16. The molecular weight excluding hydrogens is 452 g/mol. The van der Waals surface area contributed by atoms with Crippen LogP contribution in [-0.4, -0.2) is 34.2 Å². The summed E-state index contributed by atoms with van der Waals surface area (Å²) >= 11 is 0. The molecule has 4 aromatic carbocycles. The van der Waals surface area contributed by atoms with Crippen molar-refractivity contribution < 1.29 is 23.7 Å². The van der Waals surface area contributed by atoms with Crippen LogP contribution in [0.2, 0.25) is 0 Å². The molecule has 36 heavy (non-hydrogen) atoms. The van der Waals surface area contributed by atoms with Gasteiger partial charge in [-0.3, -0.25) is 4.79 Å². The van der Waals surface area contributed by atoms with E-state index in [0.717, 1.165) is 44.9 Å². The fraction of sp³-hybridized carbons (Fsp3) is 0.194. The topological polar surface area (TPSA) is 54.0 Å². The van der Waals surface area contributed by atoms with Gasteiger partial charge in [0.05, 0.1) is 27.4 Å².